The molecule has 0 N–H and O–H groups in total. The highest BCUT2D eigenvalue weighted by atomic mass is 16.5. The standard InChI is InChI=1S/C14H18N4O3/c1-20-12-4-3-10(9-13(12)21-2)14(19)18-7-5-11(6-8-18)16-17-15/h3-4,9,11H,5-8H2,1-2H3. The lowest BCUT2D eigenvalue weighted by Crippen LogP contribution is -2.39. The van der Waals surface area contributed by atoms with Gasteiger partial charge in [0.1, 0.15) is 0 Å². The molecule has 0 saturated carbocycles. The molecule has 0 unspecified atom stereocenters. The van der Waals surface area contributed by atoms with Crippen molar-refractivity contribution < 1.29 is 14.3 Å². The summed E-state index contributed by atoms with van der Waals surface area (Å²) in [5.41, 5.74) is 9.00. The zero-order valence-corrected chi connectivity index (χ0v) is 12.2. The second-order valence-corrected chi connectivity index (χ2v) is 4.80. The van der Waals surface area contributed by atoms with Crippen molar-refractivity contribution >= 4 is 5.91 Å². The van der Waals surface area contributed by atoms with Gasteiger partial charge >= 0.3 is 0 Å². The number of likely N-dealkylation sites (tertiary alicyclic amines) is 1. The highest BCUT2D eigenvalue weighted by molar-refractivity contribution is 5.95. The molecule has 1 fully saturated rings. The van der Waals surface area contributed by atoms with Crippen LogP contribution in [-0.2, 0) is 0 Å². The van der Waals surface area contributed by atoms with Gasteiger partial charge in [0.2, 0.25) is 0 Å². The predicted octanol–water partition coefficient (Wildman–Crippen LogP) is 2.62. The number of benzene rings is 1. The van der Waals surface area contributed by atoms with Crippen molar-refractivity contribution in [3.8, 4) is 11.5 Å². The molecule has 0 aromatic heterocycles. The van der Waals surface area contributed by atoms with Gasteiger partial charge in [-0.3, -0.25) is 4.79 Å². The molecule has 7 heteroatoms. The highest BCUT2D eigenvalue weighted by Crippen LogP contribution is 2.28. The molecule has 0 spiro atoms. The third kappa shape index (κ3) is 3.38. The Morgan fingerprint density at radius 1 is 1.29 bits per heavy atom. The number of piperidine rings is 1. The maximum absolute atomic E-state index is 12.5. The van der Waals surface area contributed by atoms with Crippen molar-refractivity contribution in [3.05, 3.63) is 34.2 Å². The Hall–Kier alpha value is -2.40. The number of hydrogen-bond acceptors (Lipinski definition) is 4. The summed E-state index contributed by atoms with van der Waals surface area (Å²) in [6.07, 6.45) is 1.40. The topological polar surface area (TPSA) is 87.5 Å². The van der Waals surface area contributed by atoms with Crippen LogP contribution in [0.15, 0.2) is 23.3 Å². The van der Waals surface area contributed by atoms with E-state index < -0.39 is 0 Å². The van der Waals surface area contributed by atoms with E-state index >= 15 is 0 Å². The highest BCUT2D eigenvalue weighted by Gasteiger charge is 2.23. The van der Waals surface area contributed by atoms with Crippen LogP contribution < -0.4 is 9.47 Å². The van der Waals surface area contributed by atoms with E-state index in [2.05, 4.69) is 10.0 Å². The fraction of sp³-hybridized carbons (Fsp3) is 0.500. The Morgan fingerprint density at radius 2 is 1.95 bits per heavy atom. The van der Waals surface area contributed by atoms with Crippen LogP contribution in [0, 0.1) is 0 Å². The third-order valence-corrected chi connectivity index (χ3v) is 3.60. The largest absolute Gasteiger partial charge is 0.493 e. The molecule has 0 aliphatic carbocycles. The van der Waals surface area contributed by atoms with Crippen molar-refractivity contribution in [1.29, 1.82) is 0 Å². The molecule has 1 aromatic carbocycles. The second-order valence-electron chi connectivity index (χ2n) is 4.80. The summed E-state index contributed by atoms with van der Waals surface area (Å²) in [6, 6.07) is 5.12. The minimum absolute atomic E-state index is 0.00977. The number of hydrogen-bond donors (Lipinski definition) is 0. The summed E-state index contributed by atoms with van der Waals surface area (Å²) >= 11 is 0. The smallest absolute Gasteiger partial charge is 0.253 e. The van der Waals surface area contributed by atoms with Gasteiger partial charge in [-0.25, -0.2) is 0 Å². The molecule has 1 heterocycles. The molecule has 112 valence electrons. The first-order valence-electron chi connectivity index (χ1n) is 6.75. The number of methoxy groups -OCH3 is 2. The van der Waals surface area contributed by atoms with Crippen LogP contribution >= 0.6 is 0 Å². The van der Waals surface area contributed by atoms with E-state index in [-0.39, 0.29) is 11.9 Å². The van der Waals surface area contributed by atoms with Crippen molar-refractivity contribution in [1.82, 2.24) is 4.90 Å². The van der Waals surface area contributed by atoms with Crippen LogP contribution in [-0.4, -0.2) is 44.2 Å². The lowest BCUT2D eigenvalue weighted by molar-refractivity contribution is 0.0714. The van der Waals surface area contributed by atoms with Gasteiger partial charge in [0.25, 0.3) is 5.91 Å². The molecule has 1 aromatic rings. The van der Waals surface area contributed by atoms with Crippen molar-refractivity contribution in [2.45, 2.75) is 18.9 Å². The monoisotopic (exact) mass is 290 g/mol. The Labute approximate surface area is 123 Å². The molecule has 7 nitrogen and oxygen atoms in total. The summed E-state index contributed by atoms with van der Waals surface area (Å²) in [7, 11) is 3.09. The first kappa shape index (κ1) is 15.0. The lowest BCUT2D eigenvalue weighted by Gasteiger charge is -2.30. The predicted molar refractivity (Wildman–Crippen MR) is 77.6 cm³/mol. The molecule has 21 heavy (non-hydrogen) atoms. The fourth-order valence-corrected chi connectivity index (χ4v) is 2.41. The Morgan fingerprint density at radius 3 is 2.52 bits per heavy atom. The Balaban J connectivity index is 2.09. The van der Waals surface area contributed by atoms with E-state index in [4.69, 9.17) is 15.0 Å². The van der Waals surface area contributed by atoms with Gasteiger partial charge in [0.05, 0.1) is 14.2 Å². The van der Waals surface area contributed by atoms with Crippen LogP contribution in [0.1, 0.15) is 23.2 Å². The van der Waals surface area contributed by atoms with Crippen molar-refractivity contribution in [2.75, 3.05) is 27.3 Å². The summed E-state index contributed by atoms with van der Waals surface area (Å²) in [5.74, 6) is 1.08. The van der Waals surface area contributed by atoms with E-state index in [1.165, 1.54) is 7.11 Å². The molecule has 2 rings (SSSR count). The number of rotatable bonds is 4. The minimum Gasteiger partial charge on any atom is -0.493 e. The molecule has 1 aliphatic heterocycles. The van der Waals surface area contributed by atoms with Gasteiger partial charge in [-0.05, 0) is 36.6 Å². The fourth-order valence-electron chi connectivity index (χ4n) is 2.41. The lowest BCUT2D eigenvalue weighted by atomic mass is 10.0. The van der Waals surface area contributed by atoms with E-state index in [0.717, 1.165) is 0 Å². The third-order valence-electron chi connectivity index (χ3n) is 3.60. The maximum atomic E-state index is 12.5. The van der Waals surface area contributed by atoms with E-state index in [0.29, 0.717) is 43.0 Å². The Kier molecular flexibility index (Phi) is 4.90. The van der Waals surface area contributed by atoms with Crippen LogP contribution in [0.25, 0.3) is 10.4 Å². The number of carbonyl (C=O) groups is 1. The van der Waals surface area contributed by atoms with Crippen LogP contribution in [0.3, 0.4) is 0 Å². The summed E-state index contributed by atoms with van der Waals surface area (Å²) in [4.78, 5) is 17.0. The van der Waals surface area contributed by atoms with Crippen molar-refractivity contribution in [3.63, 3.8) is 0 Å². The van der Waals surface area contributed by atoms with Gasteiger partial charge < -0.3 is 14.4 Å². The maximum Gasteiger partial charge on any atom is 0.253 e. The molecule has 0 atom stereocenters. The van der Waals surface area contributed by atoms with E-state index in [1.54, 1.807) is 30.2 Å². The minimum atomic E-state index is -0.0460. The number of azide groups is 1. The van der Waals surface area contributed by atoms with Crippen LogP contribution in [0.5, 0.6) is 11.5 Å². The zero-order valence-electron chi connectivity index (χ0n) is 12.2. The average molecular weight is 290 g/mol. The SMILES string of the molecule is COc1ccc(C(=O)N2CCC(N=[N+]=[N-])CC2)cc1OC. The first-order valence-corrected chi connectivity index (χ1v) is 6.75. The van der Waals surface area contributed by atoms with Gasteiger partial charge in [0, 0.05) is 29.6 Å². The number of ether oxygens (including phenoxy) is 2. The molecule has 1 amide bonds. The normalized spacial score (nSPS) is 15.2. The molecule has 0 radical (unpaired) electrons. The molecule has 1 saturated heterocycles. The first-order chi connectivity index (χ1) is 10.2. The summed E-state index contributed by atoms with van der Waals surface area (Å²) in [6.45, 7) is 1.19. The van der Waals surface area contributed by atoms with E-state index in [9.17, 15) is 4.79 Å². The number of carbonyl (C=O) groups excluding carboxylic acids is 1. The van der Waals surface area contributed by atoms with E-state index in [1.807, 2.05) is 0 Å². The zero-order chi connectivity index (χ0) is 15.2. The Bertz CT molecular complexity index is 561. The van der Waals surface area contributed by atoms with Gasteiger partial charge in [-0.1, -0.05) is 5.11 Å². The van der Waals surface area contributed by atoms with Crippen molar-refractivity contribution in [2.24, 2.45) is 5.11 Å². The molecular weight excluding hydrogens is 272 g/mol. The summed E-state index contributed by atoms with van der Waals surface area (Å²) in [5, 5.41) is 3.71. The molecular formula is C14H18N4O3. The van der Waals surface area contributed by atoms with Gasteiger partial charge in [-0.15, -0.1) is 0 Å². The van der Waals surface area contributed by atoms with Crippen LogP contribution in [0.4, 0.5) is 0 Å². The second kappa shape index (κ2) is 6.85. The van der Waals surface area contributed by atoms with Crippen LogP contribution in [0.2, 0.25) is 0 Å². The molecule has 1 aliphatic rings. The van der Waals surface area contributed by atoms with Gasteiger partial charge in [0.15, 0.2) is 11.5 Å². The summed E-state index contributed by atoms with van der Waals surface area (Å²) < 4.78 is 10.4. The number of nitrogens with zero attached hydrogens (tertiary/aromatic N) is 4. The average Bonchev–Trinajstić information content (AvgIpc) is 2.54. The number of amides is 1. The quantitative estimate of drug-likeness (QED) is 0.485. The molecule has 0 bridgehead atoms. The van der Waals surface area contributed by atoms with Gasteiger partial charge in [-0.2, -0.15) is 0 Å².